The molecular weight excluding hydrogens is 355 g/mol. The maximum atomic E-state index is 12.7. The SMILES string of the molecule is O=C1c2ccccc2C(=O)N1NC(=S)Nc1cccc(C(F)(F)F)c1. The Balaban J connectivity index is 1.72. The highest BCUT2D eigenvalue weighted by Gasteiger charge is 2.36. The summed E-state index contributed by atoms with van der Waals surface area (Å²) in [7, 11) is 0. The summed E-state index contributed by atoms with van der Waals surface area (Å²) < 4.78 is 38.1. The van der Waals surface area contributed by atoms with Gasteiger partial charge in [0, 0.05) is 5.69 Å². The molecule has 0 saturated heterocycles. The molecule has 0 unspecified atom stereocenters. The summed E-state index contributed by atoms with van der Waals surface area (Å²) in [6, 6.07) is 10.6. The van der Waals surface area contributed by atoms with Gasteiger partial charge < -0.3 is 5.32 Å². The van der Waals surface area contributed by atoms with Crippen molar-refractivity contribution < 1.29 is 22.8 Å². The van der Waals surface area contributed by atoms with Crippen LogP contribution in [0.5, 0.6) is 0 Å². The number of hydrazine groups is 1. The molecule has 1 aliphatic rings. The van der Waals surface area contributed by atoms with Crippen LogP contribution >= 0.6 is 12.2 Å². The van der Waals surface area contributed by atoms with E-state index in [-0.39, 0.29) is 21.9 Å². The minimum Gasteiger partial charge on any atom is -0.331 e. The highest BCUT2D eigenvalue weighted by atomic mass is 32.1. The van der Waals surface area contributed by atoms with Crippen LogP contribution in [0.3, 0.4) is 0 Å². The molecule has 2 aromatic carbocycles. The molecule has 0 atom stereocenters. The molecule has 1 heterocycles. The first-order valence-electron chi connectivity index (χ1n) is 7.00. The summed E-state index contributed by atoms with van der Waals surface area (Å²) in [4.78, 5) is 24.4. The van der Waals surface area contributed by atoms with Crippen molar-refractivity contribution in [1.82, 2.24) is 10.4 Å². The van der Waals surface area contributed by atoms with Gasteiger partial charge in [-0.15, -0.1) is 0 Å². The van der Waals surface area contributed by atoms with Crippen LogP contribution in [-0.4, -0.2) is 21.9 Å². The topological polar surface area (TPSA) is 61.4 Å². The van der Waals surface area contributed by atoms with Gasteiger partial charge in [-0.05, 0) is 42.5 Å². The van der Waals surface area contributed by atoms with E-state index < -0.39 is 23.6 Å². The number of anilines is 1. The number of nitrogens with one attached hydrogen (secondary N) is 2. The molecule has 0 bridgehead atoms. The van der Waals surface area contributed by atoms with E-state index in [9.17, 15) is 22.8 Å². The normalized spacial score (nSPS) is 13.6. The number of fused-ring (bicyclic) bond motifs is 1. The molecule has 0 saturated carbocycles. The molecule has 128 valence electrons. The number of hydrogen-bond donors (Lipinski definition) is 2. The predicted octanol–water partition coefficient (Wildman–Crippen LogP) is 3.20. The molecule has 25 heavy (non-hydrogen) atoms. The van der Waals surface area contributed by atoms with Crippen molar-refractivity contribution in [3.8, 4) is 0 Å². The Morgan fingerprint density at radius 1 is 0.960 bits per heavy atom. The second kappa shape index (κ2) is 6.17. The highest BCUT2D eigenvalue weighted by molar-refractivity contribution is 7.80. The van der Waals surface area contributed by atoms with E-state index in [1.807, 2.05) is 0 Å². The summed E-state index contributed by atoms with van der Waals surface area (Å²) in [5, 5.41) is 3.05. The van der Waals surface area contributed by atoms with Crippen LogP contribution in [0.1, 0.15) is 26.3 Å². The first-order chi connectivity index (χ1) is 11.8. The average Bonchev–Trinajstić information content (AvgIpc) is 2.80. The summed E-state index contributed by atoms with van der Waals surface area (Å²) in [5.41, 5.74) is 2.08. The zero-order valence-corrected chi connectivity index (χ0v) is 13.2. The second-order valence-corrected chi connectivity index (χ2v) is 5.54. The fourth-order valence-corrected chi connectivity index (χ4v) is 2.53. The minimum absolute atomic E-state index is 0.0731. The zero-order chi connectivity index (χ0) is 18.2. The first-order valence-corrected chi connectivity index (χ1v) is 7.41. The first kappa shape index (κ1) is 16.9. The number of thiocarbonyl (C=S) groups is 1. The van der Waals surface area contributed by atoms with Crippen molar-refractivity contribution in [3.05, 3.63) is 65.2 Å². The van der Waals surface area contributed by atoms with E-state index in [4.69, 9.17) is 12.2 Å². The van der Waals surface area contributed by atoms with Gasteiger partial charge in [-0.1, -0.05) is 18.2 Å². The molecule has 0 radical (unpaired) electrons. The molecule has 2 N–H and O–H groups in total. The summed E-state index contributed by atoms with van der Waals surface area (Å²) in [6.07, 6.45) is -4.49. The average molecular weight is 365 g/mol. The number of nitrogens with zero attached hydrogens (tertiary/aromatic N) is 1. The Bertz CT molecular complexity index is 848. The Labute approximate surface area is 145 Å². The summed E-state index contributed by atoms with van der Waals surface area (Å²) >= 11 is 4.98. The van der Waals surface area contributed by atoms with Gasteiger partial charge in [0.25, 0.3) is 11.8 Å². The standard InChI is InChI=1S/C16H10F3N3O2S/c17-16(18,19)9-4-3-5-10(8-9)20-15(25)21-22-13(23)11-6-1-2-7-12(11)14(22)24/h1-8H,(H2,20,21,25). The van der Waals surface area contributed by atoms with Crippen molar-refractivity contribution in [3.63, 3.8) is 0 Å². The molecule has 0 aliphatic carbocycles. The molecule has 0 fully saturated rings. The highest BCUT2D eigenvalue weighted by Crippen LogP contribution is 2.30. The Kier molecular flexibility index (Phi) is 4.17. The maximum Gasteiger partial charge on any atom is 0.416 e. The molecule has 0 aromatic heterocycles. The lowest BCUT2D eigenvalue weighted by Gasteiger charge is -2.18. The number of carbonyl (C=O) groups excluding carboxylic acids is 2. The van der Waals surface area contributed by atoms with Crippen molar-refractivity contribution in [2.45, 2.75) is 6.18 Å². The molecular formula is C16H10F3N3O2S. The van der Waals surface area contributed by atoms with Gasteiger partial charge in [0.05, 0.1) is 16.7 Å². The lowest BCUT2D eigenvalue weighted by molar-refractivity contribution is -0.137. The lowest BCUT2D eigenvalue weighted by Crippen LogP contribution is -2.47. The van der Waals surface area contributed by atoms with E-state index in [1.165, 1.54) is 24.3 Å². The summed E-state index contributed by atoms with van der Waals surface area (Å²) in [5.74, 6) is -1.18. The van der Waals surface area contributed by atoms with Crippen LogP contribution in [0.25, 0.3) is 0 Å². The third-order valence-electron chi connectivity index (χ3n) is 3.46. The number of rotatable bonds is 2. The van der Waals surface area contributed by atoms with Gasteiger partial charge in [-0.25, -0.2) is 0 Å². The Hall–Kier alpha value is -2.94. The van der Waals surface area contributed by atoms with Crippen molar-refractivity contribution in [2.75, 3.05) is 5.32 Å². The smallest absolute Gasteiger partial charge is 0.331 e. The van der Waals surface area contributed by atoms with Crippen LogP contribution in [0.4, 0.5) is 18.9 Å². The molecule has 2 amide bonds. The minimum atomic E-state index is -4.49. The van der Waals surface area contributed by atoms with Crippen molar-refractivity contribution in [2.24, 2.45) is 0 Å². The van der Waals surface area contributed by atoms with Gasteiger partial charge in [0.2, 0.25) is 0 Å². The molecule has 3 rings (SSSR count). The third-order valence-corrected chi connectivity index (χ3v) is 3.65. The van der Waals surface area contributed by atoms with Gasteiger partial charge in [0.15, 0.2) is 5.11 Å². The van der Waals surface area contributed by atoms with E-state index in [0.717, 1.165) is 12.1 Å². The van der Waals surface area contributed by atoms with Crippen LogP contribution < -0.4 is 10.7 Å². The molecule has 0 spiro atoms. The Morgan fingerprint density at radius 3 is 2.12 bits per heavy atom. The second-order valence-electron chi connectivity index (χ2n) is 5.14. The van der Waals surface area contributed by atoms with Gasteiger partial charge in [-0.3, -0.25) is 15.0 Å². The van der Waals surface area contributed by atoms with E-state index in [2.05, 4.69) is 10.7 Å². The number of amides is 2. The fraction of sp³-hybridized carbons (Fsp3) is 0.0625. The van der Waals surface area contributed by atoms with Crippen LogP contribution in [-0.2, 0) is 6.18 Å². The maximum absolute atomic E-state index is 12.7. The molecule has 1 aliphatic heterocycles. The van der Waals surface area contributed by atoms with Crippen molar-refractivity contribution in [1.29, 1.82) is 0 Å². The molecule has 9 heteroatoms. The number of halogens is 3. The number of imide groups is 1. The zero-order valence-electron chi connectivity index (χ0n) is 12.4. The Morgan fingerprint density at radius 2 is 1.56 bits per heavy atom. The van der Waals surface area contributed by atoms with E-state index in [1.54, 1.807) is 12.1 Å². The number of hydrogen-bond acceptors (Lipinski definition) is 3. The van der Waals surface area contributed by atoms with Gasteiger partial charge in [0.1, 0.15) is 0 Å². The number of benzene rings is 2. The largest absolute Gasteiger partial charge is 0.416 e. The predicted molar refractivity (Wildman–Crippen MR) is 87.7 cm³/mol. The van der Waals surface area contributed by atoms with E-state index >= 15 is 0 Å². The van der Waals surface area contributed by atoms with Gasteiger partial charge in [-0.2, -0.15) is 18.2 Å². The molecule has 5 nitrogen and oxygen atoms in total. The fourth-order valence-electron chi connectivity index (χ4n) is 2.32. The van der Waals surface area contributed by atoms with Crippen LogP contribution in [0, 0.1) is 0 Å². The summed E-state index contributed by atoms with van der Waals surface area (Å²) in [6.45, 7) is 0. The van der Waals surface area contributed by atoms with Crippen LogP contribution in [0.2, 0.25) is 0 Å². The quantitative estimate of drug-likeness (QED) is 0.632. The van der Waals surface area contributed by atoms with E-state index in [0.29, 0.717) is 5.01 Å². The lowest BCUT2D eigenvalue weighted by atomic mass is 10.1. The molecule has 2 aromatic rings. The number of alkyl halides is 3. The monoisotopic (exact) mass is 365 g/mol. The third kappa shape index (κ3) is 3.31. The number of carbonyl (C=O) groups is 2. The van der Waals surface area contributed by atoms with Crippen LogP contribution in [0.15, 0.2) is 48.5 Å². The van der Waals surface area contributed by atoms with Crippen molar-refractivity contribution >= 4 is 34.8 Å². The van der Waals surface area contributed by atoms with Gasteiger partial charge >= 0.3 is 6.18 Å².